The summed E-state index contributed by atoms with van der Waals surface area (Å²) in [6.07, 6.45) is 1.64. The number of rotatable bonds is 3. The molecule has 1 N–H and O–H groups in total. The molecule has 0 bridgehead atoms. The fraction of sp³-hybridized carbons (Fsp3) is 0.462. The topological polar surface area (TPSA) is 38.3 Å². The van der Waals surface area contributed by atoms with Gasteiger partial charge in [-0.2, -0.15) is 0 Å². The van der Waals surface area contributed by atoms with Crippen LogP contribution in [0.15, 0.2) is 28.7 Å². The lowest BCUT2D eigenvalue weighted by molar-refractivity contribution is -0.150. The van der Waals surface area contributed by atoms with Crippen LogP contribution < -0.4 is 5.32 Å². The second-order valence-electron chi connectivity index (χ2n) is 4.69. The molecule has 92 valence electrons. The zero-order valence-electron chi connectivity index (χ0n) is 10.00. The summed E-state index contributed by atoms with van der Waals surface area (Å²) in [7, 11) is 1.44. The van der Waals surface area contributed by atoms with Crippen molar-refractivity contribution in [3.63, 3.8) is 0 Å². The van der Waals surface area contributed by atoms with Crippen LogP contribution in [0.25, 0.3) is 0 Å². The van der Waals surface area contributed by atoms with Crippen molar-refractivity contribution in [2.45, 2.75) is 25.3 Å². The summed E-state index contributed by atoms with van der Waals surface area (Å²) in [4.78, 5) is 11.9. The highest BCUT2D eigenvalue weighted by Gasteiger charge is 2.49. The number of esters is 1. The molecule has 0 atom stereocenters. The largest absolute Gasteiger partial charge is 0.467 e. The third-order valence-electron chi connectivity index (χ3n) is 3.22. The minimum atomic E-state index is -0.544. The molecule has 0 heterocycles. The number of anilines is 1. The number of benzene rings is 1. The number of methoxy groups -OCH3 is 1. The molecule has 3 nitrogen and oxygen atoms in total. The Morgan fingerprint density at radius 3 is 2.65 bits per heavy atom. The quantitative estimate of drug-likeness (QED) is 0.871. The average Bonchev–Trinajstić information content (AvgIpc) is 2.28. The summed E-state index contributed by atoms with van der Waals surface area (Å²) >= 11 is 3.47. The molecule has 0 unspecified atom stereocenters. The lowest BCUT2D eigenvalue weighted by Crippen LogP contribution is -2.56. The molecule has 0 aromatic heterocycles. The van der Waals surface area contributed by atoms with Gasteiger partial charge in [-0.3, -0.25) is 0 Å². The Morgan fingerprint density at radius 2 is 2.12 bits per heavy atom. The van der Waals surface area contributed by atoms with E-state index in [1.165, 1.54) is 7.11 Å². The van der Waals surface area contributed by atoms with Gasteiger partial charge in [-0.1, -0.05) is 19.1 Å². The Bertz CT molecular complexity index is 427. The molecule has 0 saturated heterocycles. The summed E-state index contributed by atoms with van der Waals surface area (Å²) in [5, 5.41) is 3.32. The van der Waals surface area contributed by atoms with Crippen molar-refractivity contribution < 1.29 is 9.53 Å². The number of carbonyl (C=O) groups excluding carboxylic acids is 1. The molecule has 0 spiro atoms. The molecular formula is C13H16BrNO2. The van der Waals surface area contributed by atoms with Crippen LogP contribution in [-0.4, -0.2) is 18.6 Å². The maximum atomic E-state index is 11.9. The molecule has 1 aliphatic rings. The predicted molar refractivity (Wildman–Crippen MR) is 70.9 cm³/mol. The molecule has 2 rings (SSSR count). The van der Waals surface area contributed by atoms with Crippen molar-refractivity contribution in [2.24, 2.45) is 5.92 Å². The highest BCUT2D eigenvalue weighted by atomic mass is 79.9. The van der Waals surface area contributed by atoms with Gasteiger partial charge in [0.15, 0.2) is 0 Å². The minimum Gasteiger partial charge on any atom is -0.467 e. The summed E-state index contributed by atoms with van der Waals surface area (Å²) in [5.74, 6) is 0.385. The van der Waals surface area contributed by atoms with Crippen LogP contribution >= 0.6 is 15.9 Å². The molecule has 0 aliphatic heterocycles. The van der Waals surface area contributed by atoms with Crippen LogP contribution in [0.1, 0.15) is 19.8 Å². The minimum absolute atomic E-state index is 0.175. The highest BCUT2D eigenvalue weighted by Crippen LogP contribution is 2.42. The van der Waals surface area contributed by atoms with Crippen molar-refractivity contribution in [3.8, 4) is 0 Å². The average molecular weight is 298 g/mol. The molecule has 0 amide bonds. The number of nitrogens with one attached hydrogen (secondary N) is 1. The van der Waals surface area contributed by atoms with Crippen molar-refractivity contribution in [3.05, 3.63) is 28.7 Å². The first kappa shape index (κ1) is 12.4. The SMILES string of the molecule is COC(=O)C1(Nc2ccccc2Br)CC(C)C1. The lowest BCUT2D eigenvalue weighted by atomic mass is 9.69. The summed E-state index contributed by atoms with van der Waals surface area (Å²) in [6, 6.07) is 7.80. The van der Waals surface area contributed by atoms with Gasteiger partial charge >= 0.3 is 5.97 Å². The molecule has 1 aromatic rings. The zero-order valence-corrected chi connectivity index (χ0v) is 11.6. The van der Waals surface area contributed by atoms with Crippen molar-refractivity contribution in [1.29, 1.82) is 0 Å². The molecule has 1 aliphatic carbocycles. The summed E-state index contributed by atoms with van der Waals surface area (Å²) in [6.45, 7) is 2.14. The fourth-order valence-corrected chi connectivity index (χ4v) is 2.85. The van der Waals surface area contributed by atoms with E-state index in [0.29, 0.717) is 5.92 Å². The van der Waals surface area contributed by atoms with Crippen LogP contribution in [0.4, 0.5) is 5.69 Å². The van der Waals surface area contributed by atoms with Crippen molar-refractivity contribution >= 4 is 27.6 Å². The van der Waals surface area contributed by atoms with E-state index in [9.17, 15) is 4.79 Å². The third-order valence-corrected chi connectivity index (χ3v) is 3.91. The number of carbonyl (C=O) groups is 1. The molecule has 4 heteroatoms. The molecule has 1 fully saturated rings. The number of halogens is 1. The Hall–Kier alpha value is -1.03. The molecule has 17 heavy (non-hydrogen) atoms. The van der Waals surface area contributed by atoms with Crippen LogP contribution in [-0.2, 0) is 9.53 Å². The van der Waals surface area contributed by atoms with Gasteiger partial charge in [0.25, 0.3) is 0 Å². The number of hydrogen-bond donors (Lipinski definition) is 1. The van der Waals surface area contributed by atoms with E-state index in [0.717, 1.165) is 23.0 Å². The lowest BCUT2D eigenvalue weighted by Gasteiger charge is -2.45. The van der Waals surface area contributed by atoms with Gasteiger partial charge in [0.05, 0.1) is 7.11 Å². The molecule has 0 radical (unpaired) electrons. The first-order valence-electron chi connectivity index (χ1n) is 5.68. The maximum Gasteiger partial charge on any atom is 0.331 e. The van der Waals surface area contributed by atoms with E-state index in [4.69, 9.17) is 4.74 Å². The van der Waals surface area contributed by atoms with Gasteiger partial charge in [0.2, 0.25) is 0 Å². The van der Waals surface area contributed by atoms with Crippen molar-refractivity contribution in [2.75, 3.05) is 12.4 Å². The number of ether oxygens (including phenoxy) is 1. The van der Waals surface area contributed by atoms with Crippen LogP contribution in [0.2, 0.25) is 0 Å². The number of hydrogen-bond acceptors (Lipinski definition) is 3. The van der Waals surface area contributed by atoms with Crippen LogP contribution in [0.5, 0.6) is 0 Å². The Labute approximate surface area is 110 Å². The Balaban J connectivity index is 2.20. The van der Waals surface area contributed by atoms with E-state index in [2.05, 4.69) is 28.2 Å². The standard InChI is InChI=1S/C13H16BrNO2/c1-9-7-13(8-9,12(16)17-2)15-11-6-4-3-5-10(11)14/h3-6,9,15H,7-8H2,1-2H3. The van der Waals surface area contributed by atoms with Crippen molar-refractivity contribution in [1.82, 2.24) is 0 Å². The second kappa shape index (κ2) is 4.69. The van der Waals surface area contributed by atoms with Gasteiger partial charge < -0.3 is 10.1 Å². The highest BCUT2D eigenvalue weighted by molar-refractivity contribution is 9.10. The molecule has 1 saturated carbocycles. The third kappa shape index (κ3) is 2.32. The normalized spacial score (nSPS) is 27.1. The monoisotopic (exact) mass is 297 g/mol. The van der Waals surface area contributed by atoms with E-state index in [1.807, 2.05) is 24.3 Å². The smallest absolute Gasteiger partial charge is 0.331 e. The second-order valence-corrected chi connectivity index (χ2v) is 5.55. The summed E-state index contributed by atoms with van der Waals surface area (Å²) in [5.41, 5.74) is 0.391. The van der Waals surface area contributed by atoms with Gasteiger partial charge in [-0.15, -0.1) is 0 Å². The van der Waals surface area contributed by atoms with E-state index < -0.39 is 5.54 Å². The molecular weight excluding hydrogens is 282 g/mol. The first-order valence-corrected chi connectivity index (χ1v) is 6.48. The fourth-order valence-electron chi connectivity index (χ4n) is 2.47. The first-order chi connectivity index (χ1) is 8.07. The maximum absolute atomic E-state index is 11.9. The Morgan fingerprint density at radius 1 is 1.47 bits per heavy atom. The molecule has 1 aromatic carbocycles. The van der Waals surface area contributed by atoms with Crippen LogP contribution in [0.3, 0.4) is 0 Å². The van der Waals surface area contributed by atoms with Gasteiger partial charge in [-0.25, -0.2) is 4.79 Å². The number of para-hydroxylation sites is 1. The Kier molecular flexibility index (Phi) is 3.43. The van der Waals surface area contributed by atoms with Crippen LogP contribution in [0, 0.1) is 5.92 Å². The van der Waals surface area contributed by atoms with Gasteiger partial charge in [0.1, 0.15) is 5.54 Å². The zero-order chi connectivity index (χ0) is 12.5. The summed E-state index contributed by atoms with van der Waals surface area (Å²) < 4.78 is 5.86. The predicted octanol–water partition coefficient (Wildman–Crippen LogP) is 3.20. The van der Waals surface area contributed by atoms with E-state index in [1.54, 1.807) is 0 Å². The van der Waals surface area contributed by atoms with E-state index in [-0.39, 0.29) is 5.97 Å². The van der Waals surface area contributed by atoms with Gasteiger partial charge in [0, 0.05) is 10.2 Å². The van der Waals surface area contributed by atoms with E-state index >= 15 is 0 Å². The van der Waals surface area contributed by atoms with Gasteiger partial charge in [-0.05, 0) is 46.8 Å².